The van der Waals surface area contributed by atoms with E-state index in [1.807, 2.05) is 95.7 Å². The van der Waals surface area contributed by atoms with Crippen LogP contribution in [0.3, 0.4) is 0 Å². The molecule has 0 N–H and O–H groups in total. The van der Waals surface area contributed by atoms with Gasteiger partial charge in [0.1, 0.15) is 12.4 Å². The number of para-hydroxylation sites is 3. The van der Waals surface area contributed by atoms with Crippen molar-refractivity contribution in [1.29, 1.82) is 0 Å². The molecule has 6 aromatic rings. The molecule has 0 amide bonds. The third kappa shape index (κ3) is 6.69. The van der Waals surface area contributed by atoms with Crippen molar-refractivity contribution in [3.8, 4) is 5.69 Å². The maximum Gasteiger partial charge on any atom is 0.163 e. The van der Waals surface area contributed by atoms with Gasteiger partial charge in [0, 0.05) is 44.4 Å². The average molecular weight is 611 g/mol. The molecule has 167 valence electrons. The second kappa shape index (κ2) is 11.9. The monoisotopic (exact) mass is 611 g/mol. The summed E-state index contributed by atoms with van der Waals surface area (Å²) in [4.78, 5) is 12.2. The molecular weight excluding hydrogens is 587 g/mol. The topological polar surface area (TPSA) is 49.7 Å². The van der Waals surface area contributed by atoms with Crippen LogP contribution in [0.2, 0.25) is 0 Å². The Morgan fingerprint density at radius 3 is 2.30 bits per heavy atom. The Hall–Kier alpha value is -3.60. The van der Waals surface area contributed by atoms with Crippen molar-refractivity contribution in [3.63, 3.8) is 0 Å². The average Bonchev–Trinajstić information content (AvgIpc) is 3.50. The van der Waals surface area contributed by atoms with Crippen LogP contribution in [0, 0.1) is 13.0 Å². The molecule has 0 saturated heterocycles. The van der Waals surface area contributed by atoms with E-state index < -0.39 is 0 Å². The van der Waals surface area contributed by atoms with E-state index in [1.54, 1.807) is 6.33 Å². The summed E-state index contributed by atoms with van der Waals surface area (Å²) in [6.07, 6.45) is 9.42. The van der Waals surface area contributed by atoms with Crippen molar-refractivity contribution in [2.75, 3.05) is 0 Å². The molecule has 0 fully saturated rings. The molecule has 0 aliphatic carbocycles. The molecule has 0 unspecified atom stereocenters. The predicted molar refractivity (Wildman–Crippen MR) is 130 cm³/mol. The van der Waals surface area contributed by atoms with Crippen molar-refractivity contribution in [3.05, 3.63) is 122 Å². The third-order valence-corrected chi connectivity index (χ3v) is 4.79. The van der Waals surface area contributed by atoms with Crippen LogP contribution >= 0.6 is 0 Å². The van der Waals surface area contributed by atoms with Crippen LogP contribution in [0.1, 0.15) is 5.56 Å². The van der Waals surface area contributed by atoms with Gasteiger partial charge in [-0.2, -0.15) is 17.7 Å². The van der Waals surface area contributed by atoms with Crippen LogP contribution in [0.15, 0.2) is 110 Å². The summed E-state index contributed by atoms with van der Waals surface area (Å²) >= 11 is 0. The Balaban J connectivity index is 0.000000140. The first-order chi connectivity index (χ1) is 15.7. The number of fused-ring (bicyclic) bond motifs is 2. The van der Waals surface area contributed by atoms with Crippen molar-refractivity contribution < 1.29 is 20.1 Å². The Morgan fingerprint density at radius 1 is 0.848 bits per heavy atom. The first-order valence-corrected chi connectivity index (χ1v) is 10.3. The molecular formula is C27H24IrN5-. The first kappa shape index (κ1) is 24.0. The number of aryl methyl sites for hydroxylation is 2. The number of hydrogen-bond acceptors (Lipinski definition) is 2. The number of rotatable bonds is 1. The number of benzene rings is 3. The zero-order valence-electron chi connectivity index (χ0n) is 18.5. The molecule has 5 nitrogen and oxygen atoms in total. The van der Waals surface area contributed by atoms with Gasteiger partial charge >= 0.3 is 0 Å². The summed E-state index contributed by atoms with van der Waals surface area (Å²) in [5.41, 5.74) is 5.31. The van der Waals surface area contributed by atoms with Crippen LogP contribution in [-0.2, 0) is 27.2 Å². The molecule has 3 heterocycles. The standard InChI is InChI=1S/C11H12N2.C9H7N.C7H5N2.Ir/c1-10-3-5-11(6-4-10)13-8-7-12(2)9-13;1-2-6-9-8(4-1)5-3-7-10-9;1-2-4-7-6(3-1)8-5-9-7;/h3-5,7-9H,1-2H3;1-7H;1-5H;/q;;-1;. The fraction of sp³-hybridized carbons (Fsp3) is 0.0741. The minimum atomic E-state index is 0. The molecule has 0 bridgehead atoms. The smallest absolute Gasteiger partial charge is 0.163 e. The van der Waals surface area contributed by atoms with Crippen LogP contribution in [0.25, 0.3) is 27.6 Å². The molecule has 6 rings (SSSR count). The van der Waals surface area contributed by atoms with E-state index in [1.165, 1.54) is 10.9 Å². The van der Waals surface area contributed by atoms with Gasteiger partial charge in [-0.25, -0.2) is 4.57 Å². The van der Waals surface area contributed by atoms with Crippen molar-refractivity contribution in [1.82, 2.24) is 24.1 Å². The quantitative estimate of drug-likeness (QED) is 0.227. The molecule has 0 aliphatic heterocycles. The zero-order valence-corrected chi connectivity index (χ0v) is 20.9. The zero-order chi connectivity index (χ0) is 22.2. The summed E-state index contributed by atoms with van der Waals surface area (Å²) in [5, 5.41) is 1.20. The van der Waals surface area contributed by atoms with Gasteiger partial charge in [-0.15, -0.1) is 12.1 Å². The molecule has 33 heavy (non-hydrogen) atoms. The molecule has 6 heteroatoms. The van der Waals surface area contributed by atoms with Crippen molar-refractivity contribution >= 4 is 21.9 Å². The number of aromatic nitrogens is 5. The second-order valence-corrected chi connectivity index (χ2v) is 7.30. The van der Waals surface area contributed by atoms with Gasteiger partial charge in [-0.05, 0) is 23.2 Å². The molecule has 0 saturated carbocycles. The van der Waals surface area contributed by atoms with Gasteiger partial charge in [0.2, 0.25) is 0 Å². The summed E-state index contributed by atoms with van der Waals surface area (Å²) in [7, 11) is 2.00. The molecule has 0 aliphatic rings. The minimum absolute atomic E-state index is 0. The Labute approximate surface area is 207 Å². The molecule has 0 atom stereocenters. The van der Waals surface area contributed by atoms with Crippen LogP contribution in [-0.4, -0.2) is 19.1 Å². The third-order valence-electron chi connectivity index (χ3n) is 4.79. The number of hydrogen-bond donors (Lipinski definition) is 0. The Morgan fingerprint density at radius 2 is 1.61 bits per heavy atom. The number of nitrogens with zero attached hydrogens (tertiary/aromatic N) is 5. The predicted octanol–water partition coefficient (Wildman–Crippen LogP) is 5.63. The maximum absolute atomic E-state index is 4.18. The van der Waals surface area contributed by atoms with Crippen LogP contribution < -0.4 is 4.98 Å². The van der Waals surface area contributed by atoms with Crippen LogP contribution in [0.4, 0.5) is 0 Å². The van der Waals surface area contributed by atoms with Gasteiger partial charge in [0.05, 0.1) is 5.52 Å². The van der Waals surface area contributed by atoms with Gasteiger partial charge in [0.25, 0.3) is 0 Å². The van der Waals surface area contributed by atoms with E-state index in [9.17, 15) is 0 Å². The summed E-state index contributed by atoms with van der Waals surface area (Å²) in [5.74, 6) is 0. The van der Waals surface area contributed by atoms with Crippen molar-refractivity contribution in [2.45, 2.75) is 6.92 Å². The SMILES string of the molecule is Cc1c[c-]c(-n2ccn(C)[cH+]2)cc1.[Ir].c1ccc2[n-]cnc2c1.c1ccc2ncccc2c1. The van der Waals surface area contributed by atoms with Gasteiger partial charge in [0.15, 0.2) is 6.33 Å². The number of imidazole rings is 2. The fourth-order valence-electron chi connectivity index (χ4n) is 3.10. The number of pyridine rings is 1. The van der Waals surface area contributed by atoms with Gasteiger partial charge in [-0.3, -0.25) is 9.55 Å². The van der Waals surface area contributed by atoms with E-state index in [4.69, 9.17) is 0 Å². The van der Waals surface area contributed by atoms with E-state index in [2.05, 4.69) is 52.2 Å². The first-order valence-electron chi connectivity index (χ1n) is 10.3. The van der Waals surface area contributed by atoms with E-state index >= 15 is 0 Å². The van der Waals surface area contributed by atoms with Gasteiger partial charge in [-0.1, -0.05) is 61.8 Å². The molecule has 3 aromatic heterocycles. The molecule has 0 spiro atoms. The maximum atomic E-state index is 4.18. The summed E-state index contributed by atoms with van der Waals surface area (Å²) < 4.78 is 4.05. The Kier molecular flexibility index (Phi) is 8.64. The summed E-state index contributed by atoms with van der Waals surface area (Å²) in [6.45, 7) is 2.07. The Bertz CT molecular complexity index is 1310. The van der Waals surface area contributed by atoms with Crippen molar-refractivity contribution in [2.24, 2.45) is 7.05 Å². The molecule has 1 radical (unpaired) electrons. The van der Waals surface area contributed by atoms with E-state index in [0.717, 1.165) is 22.2 Å². The fourth-order valence-corrected chi connectivity index (χ4v) is 3.10. The normalized spacial score (nSPS) is 9.88. The van der Waals surface area contributed by atoms with E-state index in [-0.39, 0.29) is 20.1 Å². The van der Waals surface area contributed by atoms with E-state index in [0.29, 0.717) is 0 Å². The second-order valence-electron chi connectivity index (χ2n) is 7.30. The molecule has 3 aromatic carbocycles. The largest absolute Gasteiger partial charge is 0.443 e. The van der Waals surface area contributed by atoms with Crippen LogP contribution in [0.5, 0.6) is 0 Å². The minimum Gasteiger partial charge on any atom is -0.443 e. The summed E-state index contributed by atoms with van der Waals surface area (Å²) in [6, 6.07) is 29.3. The van der Waals surface area contributed by atoms with Gasteiger partial charge < -0.3 is 9.97 Å².